The van der Waals surface area contributed by atoms with E-state index in [9.17, 15) is 0 Å². The maximum atomic E-state index is 6.36. The highest BCUT2D eigenvalue weighted by Gasteiger charge is 2.20. The molecule has 2 heterocycles. The molecule has 0 aliphatic carbocycles. The Hall–Kier alpha value is -2.74. The molecule has 0 bridgehead atoms. The highest BCUT2D eigenvalue weighted by atomic mass is 16.3. The van der Waals surface area contributed by atoms with Gasteiger partial charge in [0, 0.05) is 28.7 Å². The average molecular weight is 313 g/mol. The molecule has 0 aliphatic heterocycles. The summed E-state index contributed by atoms with van der Waals surface area (Å²) in [7, 11) is 2.14. The second-order valence-electron chi connectivity index (χ2n) is 6.89. The molecule has 0 aliphatic rings. The summed E-state index contributed by atoms with van der Waals surface area (Å²) in [5.41, 5.74) is 5.83. The van der Waals surface area contributed by atoms with Gasteiger partial charge in [-0.15, -0.1) is 0 Å². The van der Waals surface area contributed by atoms with Crippen LogP contribution in [0.15, 0.2) is 59.0 Å². The number of nitrogens with zero attached hydrogens (tertiary/aromatic N) is 1. The van der Waals surface area contributed by atoms with Crippen LogP contribution >= 0.6 is 0 Å². The number of furan rings is 1. The third-order valence-electron chi connectivity index (χ3n) is 5.18. The molecule has 3 aromatic carbocycles. The van der Waals surface area contributed by atoms with E-state index >= 15 is 0 Å². The van der Waals surface area contributed by atoms with Crippen LogP contribution in [0.1, 0.15) is 25.3 Å². The lowest BCUT2D eigenvalue weighted by atomic mass is 9.95. The van der Waals surface area contributed by atoms with Crippen molar-refractivity contribution in [3.63, 3.8) is 0 Å². The summed E-state index contributed by atoms with van der Waals surface area (Å²) in [6.07, 6.45) is 0. The molecule has 0 amide bonds. The number of rotatable bonds is 1. The normalized spacial score (nSPS) is 12.3. The van der Waals surface area contributed by atoms with Crippen LogP contribution in [0, 0.1) is 0 Å². The van der Waals surface area contributed by atoms with E-state index in [1.54, 1.807) is 0 Å². The Morgan fingerprint density at radius 1 is 0.833 bits per heavy atom. The molecule has 0 spiro atoms. The number of hydrogen-bond donors (Lipinski definition) is 0. The SMILES string of the molecule is CC(C)c1cc2c(c3ccccc3n2C)c2oc3ccccc3c12. The molecule has 2 nitrogen and oxygen atoms in total. The zero-order valence-electron chi connectivity index (χ0n) is 14.1. The van der Waals surface area contributed by atoms with E-state index in [0.29, 0.717) is 5.92 Å². The standard InChI is InChI=1S/C22H19NO/c1-13(2)16-12-18-21(14-8-4-6-10-17(14)23(18)3)22-20(16)15-9-5-7-11-19(15)24-22/h4-13H,1-3H3. The maximum Gasteiger partial charge on any atom is 0.145 e. The van der Waals surface area contributed by atoms with E-state index in [1.807, 2.05) is 6.07 Å². The molecule has 0 unspecified atom stereocenters. The second kappa shape index (κ2) is 4.64. The minimum absolute atomic E-state index is 0.441. The molecule has 24 heavy (non-hydrogen) atoms. The van der Waals surface area contributed by atoms with Crippen molar-refractivity contribution in [2.75, 3.05) is 0 Å². The summed E-state index contributed by atoms with van der Waals surface area (Å²) < 4.78 is 8.65. The molecule has 2 heteroatoms. The Morgan fingerprint density at radius 2 is 1.54 bits per heavy atom. The van der Waals surface area contributed by atoms with Gasteiger partial charge in [-0.05, 0) is 29.7 Å². The van der Waals surface area contributed by atoms with E-state index in [4.69, 9.17) is 4.42 Å². The fourth-order valence-corrected chi connectivity index (χ4v) is 4.00. The van der Waals surface area contributed by atoms with Gasteiger partial charge in [-0.2, -0.15) is 0 Å². The van der Waals surface area contributed by atoms with Crippen LogP contribution in [0.2, 0.25) is 0 Å². The van der Waals surface area contributed by atoms with Gasteiger partial charge in [0.2, 0.25) is 0 Å². The van der Waals surface area contributed by atoms with Gasteiger partial charge in [-0.3, -0.25) is 0 Å². The first-order valence-corrected chi connectivity index (χ1v) is 8.48. The second-order valence-corrected chi connectivity index (χ2v) is 6.89. The van der Waals surface area contributed by atoms with Crippen molar-refractivity contribution in [3.05, 3.63) is 60.2 Å². The van der Waals surface area contributed by atoms with Crippen molar-refractivity contribution >= 4 is 43.7 Å². The van der Waals surface area contributed by atoms with E-state index in [1.165, 1.54) is 38.1 Å². The maximum absolute atomic E-state index is 6.36. The van der Waals surface area contributed by atoms with Crippen molar-refractivity contribution in [1.82, 2.24) is 4.57 Å². The van der Waals surface area contributed by atoms with Crippen LogP contribution < -0.4 is 0 Å². The Kier molecular flexibility index (Phi) is 2.64. The van der Waals surface area contributed by atoms with E-state index in [2.05, 4.69) is 74.0 Å². The van der Waals surface area contributed by atoms with Crippen LogP contribution in [0.5, 0.6) is 0 Å². The molecule has 118 valence electrons. The molecule has 5 rings (SSSR count). The Balaban J connectivity index is 2.16. The van der Waals surface area contributed by atoms with Crippen molar-refractivity contribution in [1.29, 1.82) is 0 Å². The summed E-state index contributed by atoms with van der Waals surface area (Å²) in [6, 6.07) is 19.3. The minimum Gasteiger partial charge on any atom is -0.455 e. The van der Waals surface area contributed by atoms with Crippen LogP contribution in [0.3, 0.4) is 0 Å². The smallest absolute Gasteiger partial charge is 0.145 e. The zero-order valence-corrected chi connectivity index (χ0v) is 14.1. The van der Waals surface area contributed by atoms with Gasteiger partial charge in [-0.1, -0.05) is 50.2 Å². The number of para-hydroxylation sites is 2. The fourth-order valence-electron chi connectivity index (χ4n) is 4.00. The van der Waals surface area contributed by atoms with Crippen molar-refractivity contribution < 1.29 is 4.42 Å². The highest BCUT2D eigenvalue weighted by Crippen LogP contribution is 2.42. The first-order chi connectivity index (χ1) is 11.7. The molecule has 0 saturated heterocycles. The molecule has 0 radical (unpaired) electrons. The van der Waals surface area contributed by atoms with E-state index in [-0.39, 0.29) is 0 Å². The monoisotopic (exact) mass is 313 g/mol. The zero-order chi connectivity index (χ0) is 16.4. The van der Waals surface area contributed by atoms with Crippen molar-refractivity contribution in [2.45, 2.75) is 19.8 Å². The topological polar surface area (TPSA) is 18.1 Å². The molecular formula is C22H19NO. The minimum atomic E-state index is 0.441. The molecule has 0 fully saturated rings. The Labute approximate surface area is 140 Å². The summed E-state index contributed by atoms with van der Waals surface area (Å²) in [5, 5.41) is 4.97. The number of aromatic nitrogens is 1. The number of aryl methyl sites for hydroxylation is 1. The first-order valence-electron chi connectivity index (χ1n) is 8.48. The fraction of sp³-hybridized carbons (Fsp3) is 0.182. The highest BCUT2D eigenvalue weighted by molar-refractivity contribution is 6.24. The van der Waals surface area contributed by atoms with Gasteiger partial charge in [0.15, 0.2) is 0 Å². The molecule has 5 aromatic rings. The van der Waals surface area contributed by atoms with E-state index in [0.717, 1.165) is 11.2 Å². The van der Waals surface area contributed by atoms with Crippen molar-refractivity contribution in [2.24, 2.45) is 7.05 Å². The summed E-state index contributed by atoms with van der Waals surface area (Å²) in [4.78, 5) is 0. The lowest BCUT2D eigenvalue weighted by Crippen LogP contribution is -1.92. The van der Waals surface area contributed by atoms with Crippen molar-refractivity contribution in [3.8, 4) is 0 Å². The molecule has 0 atom stereocenters. The Morgan fingerprint density at radius 3 is 2.33 bits per heavy atom. The molecule has 2 aromatic heterocycles. The molecule has 0 saturated carbocycles. The van der Waals surface area contributed by atoms with Crippen LogP contribution in [-0.4, -0.2) is 4.57 Å². The largest absolute Gasteiger partial charge is 0.455 e. The van der Waals surface area contributed by atoms with Gasteiger partial charge in [0.05, 0.1) is 10.9 Å². The Bertz CT molecular complexity index is 1240. The number of fused-ring (bicyclic) bond motifs is 7. The van der Waals surface area contributed by atoms with Gasteiger partial charge in [0.1, 0.15) is 11.2 Å². The lowest BCUT2D eigenvalue weighted by Gasteiger charge is -2.09. The third-order valence-corrected chi connectivity index (χ3v) is 5.18. The summed E-state index contributed by atoms with van der Waals surface area (Å²) >= 11 is 0. The molecular weight excluding hydrogens is 294 g/mol. The van der Waals surface area contributed by atoms with Crippen LogP contribution in [-0.2, 0) is 7.05 Å². The lowest BCUT2D eigenvalue weighted by molar-refractivity contribution is 0.672. The number of benzene rings is 3. The van der Waals surface area contributed by atoms with Gasteiger partial charge in [0.25, 0.3) is 0 Å². The predicted octanol–water partition coefficient (Wildman–Crippen LogP) is 6.35. The summed E-state index contributed by atoms with van der Waals surface area (Å²) in [6.45, 7) is 4.51. The number of hydrogen-bond acceptors (Lipinski definition) is 1. The average Bonchev–Trinajstić information content (AvgIpc) is 3.11. The quantitative estimate of drug-likeness (QED) is 0.352. The van der Waals surface area contributed by atoms with Crippen LogP contribution in [0.4, 0.5) is 0 Å². The van der Waals surface area contributed by atoms with Crippen LogP contribution in [0.25, 0.3) is 43.7 Å². The predicted molar refractivity (Wildman–Crippen MR) is 102 cm³/mol. The van der Waals surface area contributed by atoms with Gasteiger partial charge < -0.3 is 8.98 Å². The first kappa shape index (κ1) is 13.7. The third kappa shape index (κ3) is 1.60. The van der Waals surface area contributed by atoms with Gasteiger partial charge in [-0.25, -0.2) is 0 Å². The molecule has 0 N–H and O–H groups in total. The summed E-state index contributed by atoms with van der Waals surface area (Å²) in [5.74, 6) is 0.441. The van der Waals surface area contributed by atoms with E-state index < -0.39 is 0 Å². The van der Waals surface area contributed by atoms with Gasteiger partial charge >= 0.3 is 0 Å².